The Hall–Kier alpha value is 0.960. The molecule has 98 valence electrons. The molecule has 0 radical (unpaired) electrons. The molecule has 0 aromatic heterocycles. The van der Waals surface area contributed by atoms with Crippen molar-refractivity contribution in [3.05, 3.63) is 0 Å². The summed E-state index contributed by atoms with van der Waals surface area (Å²) in [7, 11) is 0. The largest absolute Gasteiger partial charge is 0.0916 e. The van der Waals surface area contributed by atoms with Crippen LogP contribution in [0.4, 0.5) is 0 Å². The lowest BCUT2D eigenvalue weighted by Crippen LogP contribution is -1.97. The summed E-state index contributed by atoms with van der Waals surface area (Å²) in [6, 6.07) is 0. The van der Waals surface area contributed by atoms with Crippen LogP contribution < -0.4 is 0 Å². The van der Waals surface area contributed by atoms with Crippen LogP contribution in [0, 0.1) is 0 Å². The SMILES string of the molecule is CCCCCCCCCCCCC(Br)CBr. The van der Waals surface area contributed by atoms with E-state index in [0.717, 1.165) is 5.33 Å². The summed E-state index contributed by atoms with van der Waals surface area (Å²) in [5, 5.41) is 1.09. The summed E-state index contributed by atoms with van der Waals surface area (Å²) in [5.41, 5.74) is 0. The van der Waals surface area contributed by atoms with E-state index in [9.17, 15) is 0 Å². The molecule has 0 fully saturated rings. The molecule has 0 bridgehead atoms. The fourth-order valence-corrected chi connectivity index (χ4v) is 2.58. The number of unbranched alkanes of at least 4 members (excludes halogenated alkanes) is 9. The lowest BCUT2D eigenvalue weighted by Gasteiger charge is -2.05. The van der Waals surface area contributed by atoms with Gasteiger partial charge in [-0.1, -0.05) is 103 Å². The molecular weight excluding hydrogens is 328 g/mol. The Bertz CT molecular complexity index is 126. The van der Waals surface area contributed by atoms with Crippen molar-refractivity contribution in [2.75, 3.05) is 5.33 Å². The van der Waals surface area contributed by atoms with Gasteiger partial charge >= 0.3 is 0 Å². The molecule has 2 heteroatoms. The maximum Gasteiger partial charge on any atom is 0.0242 e. The first kappa shape index (κ1) is 17.0. The zero-order valence-corrected chi connectivity index (χ0v) is 14.0. The molecule has 16 heavy (non-hydrogen) atoms. The van der Waals surface area contributed by atoms with E-state index in [0.29, 0.717) is 4.83 Å². The van der Waals surface area contributed by atoms with E-state index >= 15 is 0 Å². The molecule has 1 atom stereocenters. The number of rotatable bonds is 12. The van der Waals surface area contributed by atoms with E-state index in [4.69, 9.17) is 0 Å². The van der Waals surface area contributed by atoms with Gasteiger partial charge in [0.2, 0.25) is 0 Å². The highest BCUT2D eigenvalue weighted by Gasteiger charge is 2.00. The molecule has 1 unspecified atom stereocenters. The maximum absolute atomic E-state index is 3.65. The van der Waals surface area contributed by atoms with E-state index in [-0.39, 0.29) is 0 Å². The fourth-order valence-electron chi connectivity index (χ4n) is 1.93. The van der Waals surface area contributed by atoms with Crippen LogP contribution in [0.15, 0.2) is 0 Å². The predicted octanol–water partition coefficient (Wildman–Crippen LogP) is 6.46. The summed E-state index contributed by atoms with van der Waals surface area (Å²) in [6.07, 6.45) is 15.6. The molecule has 0 saturated carbocycles. The van der Waals surface area contributed by atoms with Crippen LogP contribution >= 0.6 is 31.9 Å². The average molecular weight is 356 g/mol. The number of alkyl halides is 2. The van der Waals surface area contributed by atoms with Crippen molar-refractivity contribution in [3.8, 4) is 0 Å². The fraction of sp³-hybridized carbons (Fsp3) is 1.00. The van der Waals surface area contributed by atoms with Gasteiger partial charge in [-0.05, 0) is 6.42 Å². The molecule has 0 heterocycles. The second kappa shape index (κ2) is 14.0. The minimum Gasteiger partial charge on any atom is -0.0916 e. The molecule has 0 N–H and O–H groups in total. The van der Waals surface area contributed by atoms with E-state index in [1.54, 1.807) is 0 Å². The van der Waals surface area contributed by atoms with Gasteiger partial charge in [-0.2, -0.15) is 0 Å². The summed E-state index contributed by atoms with van der Waals surface area (Å²) >= 11 is 7.14. The number of hydrogen-bond acceptors (Lipinski definition) is 0. The first-order chi connectivity index (χ1) is 7.81. The summed E-state index contributed by atoms with van der Waals surface area (Å²) in [6.45, 7) is 2.28. The third kappa shape index (κ3) is 13.0. The van der Waals surface area contributed by atoms with Crippen LogP contribution in [0.1, 0.15) is 77.6 Å². The highest BCUT2D eigenvalue weighted by atomic mass is 79.9. The maximum atomic E-state index is 3.65. The van der Waals surface area contributed by atoms with Crippen molar-refractivity contribution in [1.29, 1.82) is 0 Å². The Morgan fingerprint density at radius 2 is 1.19 bits per heavy atom. The third-order valence-electron chi connectivity index (χ3n) is 3.04. The molecule has 0 aromatic carbocycles. The van der Waals surface area contributed by atoms with Crippen LogP contribution in [0.25, 0.3) is 0 Å². The van der Waals surface area contributed by atoms with Gasteiger partial charge in [0.05, 0.1) is 0 Å². The standard InChI is InChI=1S/C14H28Br2/c1-2-3-4-5-6-7-8-9-10-11-12-14(16)13-15/h14H,2-13H2,1H3. The van der Waals surface area contributed by atoms with E-state index in [1.165, 1.54) is 70.6 Å². The monoisotopic (exact) mass is 354 g/mol. The molecule has 0 aliphatic carbocycles. The summed E-state index contributed by atoms with van der Waals surface area (Å²) in [5.74, 6) is 0. The molecule has 0 saturated heterocycles. The normalized spacial score (nSPS) is 12.9. The number of halogens is 2. The van der Waals surface area contributed by atoms with Gasteiger partial charge < -0.3 is 0 Å². The van der Waals surface area contributed by atoms with Crippen LogP contribution in [-0.4, -0.2) is 10.2 Å². The van der Waals surface area contributed by atoms with Crippen molar-refractivity contribution in [3.63, 3.8) is 0 Å². The Kier molecular flexibility index (Phi) is 14.9. The first-order valence-electron chi connectivity index (χ1n) is 7.01. The zero-order chi connectivity index (χ0) is 12.1. The van der Waals surface area contributed by atoms with Gasteiger partial charge in [0.15, 0.2) is 0 Å². The van der Waals surface area contributed by atoms with Gasteiger partial charge in [0.1, 0.15) is 0 Å². The molecule has 0 aromatic rings. The summed E-state index contributed by atoms with van der Waals surface area (Å²) < 4.78 is 0. The van der Waals surface area contributed by atoms with Gasteiger partial charge in [-0.25, -0.2) is 0 Å². The number of hydrogen-bond donors (Lipinski definition) is 0. The Morgan fingerprint density at radius 3 is 1.62 bits per heavy atom. The lowest BCUT2D eigenvalue weighted by molar-refractivity contribution is 0.550. The van der Waals surface area contributed by atoms with Crippen molar-refractivity contribution in [2.45, 2.75) is 82.4 Å². The van der Waals surface area contributed by atoms with E-state index < -0.39 is 0 Å². The second-order valence-electron chi connectivity index (χ2n) is 4.72. The molecule has 0 aliphatic rings. The van der Waals surface area contributed by atoms with Crippen LogP contribution in [0.3, 0.4) is 0 Å². The molecule has 0 amide bonds. The topological polar surface area (TPSA) is 0 Å². The van der Waals surface area contributed by atoms with Crippen molar-refractivity contribution < 1.29 is 0 Å². The van der Waals surface area contributed by atoms with E-state index in [1.807, 2.05) is 0 Å². The van der Waals surface area contributed by atoms with Crippen LogP contribution in [0.2, 0.25) is 0 Å². The van der Waals surface area contributed by atoms with Crippen molar-refractivity contribution in [1.82, 2.24) is 0 Å². The van der Waals surface area contributed by atoms with Gasteiger partial charge in [-0.15, -0.1) is 0 Å². The van der Waals surface area contributed by atoms with Gasteiger partial charge in [0, 0.05) is 10.2 Å². The Balaban J connectivity index is 2.93. The molecule has 0 spiro atoms. The minimum absolute atomic E-state index is 0.682. The van der Waals surface area contributed by atoms with Crippen molar-refractivity contribution in [2.24, 2.45) is 0 Å². The zero-order valence-electron chi connectivity index (χ0n) is 10.8. The van der Waals surface area contributed by atoms with Gasteiger partial charge in [-0.3, -0.25) is 0 Å². The quantitative estimate of drug-likeness (QED) is 0.278. The van der Waals surface area contributed by atoms with Crippen LogP contribution in [0.5, 0.6) is 0 Å². The molecular formula is C14H28Br2. The first-order valence-corrected chi connectivity index (χ1v) is 9.05. The smallest absolute Gasteiger partial charge is 0.0242 e. The molecule has 0 rings (SSSR count). The van der Waals surface area contributed by atoms with Gasteiger partial charge in [0.25, 0.3) is 0 Å². The Labute approximate surface area is 119 Å². The lowest BCUT2D eigenvalue weighted by atomic mass is 10.1. The van der Waals surface area contributed by atoms with Crippen LogP contribution in [-0.2, 0) is 0 Å². The summed E-state index contributed by atoms with van der Waals surface area (Å²) in [4.78, 5) is 0.682. The molecule has 0 aliphatic heterocycles. The minimum atomic E-state index is 0.682. The predicted molar refractivity (Wildman–Crippen MR) is 83.0 cm³/mol. The Morgan fingerprint density at radius 1 is 0.750 bits per heavy atom. The average Bonchev–Trinajstić information content (AvgIpc) is 2.31. The molecule has 0 nitrogen and oxygen atoms in total. The third-order valence-corrected chi connectivity index (χ3v) is 5.47. The highest BCUT2D eigenvalue weighted by Crippen LogP contribution is 2.15. The van der Waals surface area contributed by atoms with E-state index in [2.05, 4.69) is 38.8 Å². The second-order valence-corrected chi connectivity index (χ2v) is 6.66. The highest BCUT2D eigenvalue weighted by molar-refractivity contribution is 9.12. The van der Waals surface area contributed by atoms with Crippen molar-refractivity contribution >= 4 is 31.9 Å².